The van der Waals surface area contributed by atoms with Gasteiger partial charge in [0.05, 0.1) is 0 Å². The van der Waals surface area contributed by atoms with Gasteiger partial charge >= 0.3 is 0 Å². The van der Waals surface area contributed by atoms with Crippen LogP contribution < -0.4 is 5.32 Å². The van der Waals surface area contributed by atoms with Gasteiger partial charge in [0, 0.05) is 12.6 Å². The Morgan fingerprint density at radius 1 is 1.36 bits per heavy atom. The highest BCUT2D eigenvalue weighted by Gasteiger charge is 2.33. The van der Waals surface area contributed by atoms with Gasteiger partial charge in [-0.2, -0.15) is 0 Å². The fourth-order valence-corrected chi connectivity index (χ4v) is 3.04. The Morgan fingerprint density at radius 2 is 2.14 bits per heavy atom. The number of nitrogens with one attached hydrogen (secondary N) is 1. The Hall–Kier alpha value is -0.0800. The van der Waals surface area contributed by atoms with Crippen molar-refractivity contribution in [3.8, 4) is 0 Å². The first kappa shape index (κ1) is 10.4. The third-order valence-electron chi connectivity index (χ3n) is 3.91. The lowest BCUT2D eigenvalue weighted by Gasteiger charge is -2.45. The number of likely N-dealkylation sites (tertiary alicyclic amines) is 1. The average molecular weight is 196 g/mol. The molecule has 2 nitrogen and oxygen atoms in total. The van der Waals surface area contributed by atoms with Gasteiger partial charge in [0.2, 0.25) is 0 Å². The van der Waals surface area contributed by atoms with Crippen molar-refractivity contribution in [1.82, 2.24) is 10.2 Å². The van der Waals surface area contributed by atoms with Crippen LogP contribution in [0, 0.1) is 11.8 Å². The Morgan fingerprint density at radius 3 is 2.79 bits per heavy atom. The van der Waals surface area contributed by atoms with Crippen LogP contribution in [0.3, 0.4) is 0 Å². The zero-order valence-electron chi connectivity index (χ0n) is 9.63. The normalized spacial score (nSPS) is 39.4. The molecule has 0 amide bonds. The van der Waals surface area contributed by atoms with Gasteiger partial charge in [0.1, 0.15) is 0 Å². The number of hydrogen-bond acceptors (Lipinski definition) is 2. The van der Waals surface area contributed by atoms with Gasteiger partial charge < -0.3 is 10.2 Å². The van der Waals surface area contributed by atoms with E-state index in [0.29, 0.717) is 0 Å². The van der Waals surface area contributed by atoms with Crippen LogP contribution in [0.2, 0.25) is 0 Å². The van der Waals surface area contributed by atoms with Crippen molar-refractivity contribution in [2.24, 2.45) is 11.8 Å². The van der Waals surface area contributed by atoms with Crippen LogP contribution in [-0.4, -0.2) is 37.6 Å². The van der Waals surface area contributed by atoms with Gasteiger partial charge in [-0.3, -0.25) is 0 Å². The molecule has 1 N–H and O–H groups in total. The van der Waals surface area contributed by atoms with Crippen LogP contribution in [0.1, 0.15) is 32.6 Å². The van der Waals surface area contributed by atoms with Crippen LogP contribution in [0.5, 0.6) is 0 Å². The Balaban J connectivity index is 1.76. The number of nitrogens with zero attached hydrogens (tertiary/aromatic N) is 1. The summed E-state index contributed by atoms with van der Waals surface area (Å²) in [4.78, 5) is 2.74. The molecule has 1 atom stereocenters. The number of rotatable bonds is 3. The van der Waals surface area contributed by atoms with Gasteiger partial charge in [-0.25, -0.2) is 0 Å². The van der Waals surface area contributed by atoms with Crippen molar-refractivity contribution < 1.29 is 0 Å². The minimum atomic E-state index is 0.907. The van der Waals surface area contributed by atoms with E-state index < -0.39 is 0 Å². The molecule has 2 rings (SSSR count). The molecule has 1 saturated heterocycles. The molecule has 82 valence electrons. The predicted octanol–water partition coefficient (Wildman–Crippen LogP) is 1.72. The zero-order chi connectivity index (χ0) is 9.97. The Kier molecular flexibility index (Phi) is 3.45. The van der Waals surface area contributed by atoms with Crippen LogP contribution in [-0.2, 0) is 0 Å². The summed E-state index contributed by atoms with van der Waals surface area (Å²) in [6.45, 7) is 6.29. The van der Waals surface area contributed by atoms with E-state index in [0.717, 1.165) is 17.9 Å². The Labute approximate surface area is 88.1 Å². The van der Waals surface area contributed by atoms with Crippen molar-refractivity contribution in [3.63, 3.8) is 0 Å². The number of piperidine rings is 1. The van der Waals surface area contributed by atoms with Crippen molar-refractivity contribution in [1.29, 1.82) is 0 Å². The summed E-state index contributed by atoms with van der Waals surface area (Å²) >= 11 is 0. The van der Waals surface area contributed by atoms with Gasteiger partial charge in [0.15, 0.2) is 0 Å². The minimum absolute atomic E-state index is 0.907. The lowest BCUT2D eigenvalue weighted by molar-refractivity contribution is 0.0484. The molecule has 0 aromatic rings. The smallest absolute Gasteiger partial charge is 0.0100 e. The summed E-state index contributed by atoms with van der Waals surface area (Å²) in [5, 5.41) is 3.32. The monoisotopic (exact) mass is 196 g/mol. The summed E-state index contributed by atoms with van der Waals surface area (Å²) < 4.78 is 0. The van der Waals surface area contributed by atoms with Crippen molar-refractivity contribution in [3.05, 3.63) is 0 Å². The molecule has 0 spiro atoms. The predicted molar refractivity (Wildman–Crippen MR) is 60.4 cm³/mol. The summed E-state index contributed by atoms with van der Waals surface area (Å²) in [7, 11) is 2.07. The summed E-state index contributed by atoms with van der Waals surface area (Å²) in [5.74, 6) is 1.90. The molecule has 2 fully saturated rings. The summed E-state index contributed by atoms with van der Waals surface area (Å²) in [6, 6.07) is 0.935. The maximum absolute atomic E-state index is 3.32. The molecular weight excluding hydrogens is 172 g/mol. The molecule has 1 saturated carbocycles. The SMILES string of the molecule is CNCC1CCCN(C2CC(C)C2)C1. The molecule has 2 heteroatoms. The van der Waals surface area contributed by atoms with Crippen LogP contribution in [0.15, 0.2) is 0 Å². The topological polar surface area (TPSA) is 15.3 Å². The third kappa shape index (κ3) is 2.29. The molecule has 0 aromatic heterocycles. The van der Waals surface area contributed by atoms with E-state index in [9.17, 15) is 0 Å². The average Bonchev–Trinajstić information content (AvgIpc) is 2.14. The van der Waals surface area contributed by atoms with Crippen LogP contribution in [0.4, 0.5) is 0 Å². The van der Waals surface area contributed by atoms with E-state index in [4.69, 9.17) is 0 Å². The van der Waals surface area contributed by atoms with E-state index in [1.807, 2.05) is 0 Å². The molecule has 1 aliphatic heterocycles. The van der Waals surface area contributed by atoms with Crippen molar-refractivity contribution in [2.75, 3.05) is 26.7 Å². The molecule has 14 heavy (non-hydrogen) atoms. The largest absolute Gasteiger partial charge is 0.319 e. The zero-order valence-corrected chi connectivity index (χ0v) is 9.63. The number of hydrogen-bond donors (Lipinski definition) is 1. The van der Waals surface area contributed by atoms with Crippen molar-refractivity contribution in [2.45, 2.75) is 38.6 Å². The highest BCUT2D eigenvalue weighted by molar-refractivity contribution is 4.88. The molecule has 1 unspecified atom stereocenters. The van der Waals surface area contributed by atoms with Gasteiger partial charge in [-0.05, 0) is 57.7 Å². The van der Waals surface area contributed by atoms with Gasteiger partial charge in [-0.15, -0.1) is 0 Å². The first-order valence-electron chi connectivity index (χ1n) is 6.18. The highest BCUT2D eigenvalue weighted by Crippen LogP contribution is 2.33. The van der Waals surface area contributed by atoms with E-state index in [1.165, 1.54) is 45.3 Å². The van der Waals surface area contributed by atoms with E-state index in [1.54, 1.807) is 0 Å². The lowest BCUT2D eigenvalue weighted by atomic mass is 9.79. The third-order valence-corrected chi connectivity index (χ3v) is 3.91. The summed E-state index contributed by atoms with van der Waals surface area (Å²) in [6.07, 6.45) is 5.75. The first-order valence-corrected chi connectivity index (χ1v) is 6.18. The second-order valence-electron chi connectivity index (χ2n) is 5.29. The summed E-state index contributed by atoms with van der Waals surface area (Å²) in [5.41, 5.74) is 0. The standard InChI is InChI=1S/C12H24N2/c1-10-6-12(7-10)14-5-3-4-11(9-14)8-13-2/h10-13H,3-9H2,1-2H3. The Bertz CT molecular complexity index is 171. The van der Waals surface area contributed by atoms with Crippen LogP contribution in [0.25, 0.3) is 0 Å². The maximum atomic E-state index is 3.32. The van der Waals surface area contributed by atoms with Crippen LogP contribution >= 0.6 is 0 Å². The molecule has 0 bridgehead atoms. The fraction of sp³-hybridized carbons (Fsp3) is 1.00. The molecule has 2 aliphatic rings. The molecule has 0 aromatic carbocycles. The lowest BCUT2D eigenvalue weighted by Crippen LogP contribution is -2.49. The quantitative estimate of drug-likeness (QED) is 0.739. The van der Waals surface area contributed by atoms with Crippen molar-refractivity contribution >= 4 is 0 Å². The van der Waals surface area contributed by atoms with Gasteiger partial charge in [-0.1, -0.05) is 6.92 Å². The van der Waals surface area contributed by atoms with Gasteiger partial charge in [0.25, 0.3) is 0 Å². The fourth-order valence-electron chi connectivity index (χ4n) is 3.04. The first-order chi connectivity index (χ1) is 6.79. The molecular formula is C12H24N2. The molecule has 1 aliphatic carbocycles. The van der Waals surface area contributed by atoms with E-state index in [-0.39, 0.29) is 0 Å². The second-order valence-corrected chi connectivity index (χ2v) is 5.29. The van der Waals surface area contributed by atoms with E-state index >= 15 is 0 Å². The van der Waals surface area contributed by atoms with E-state index in [2.05, 4.69) is 24.2 Å². The maximum Gasteiger partial charge on any atom is 0.0100 e. The second kappa shape index (κ2) is 4.63. The minimum Gasteiger partial charge on any atom is -0.319 e. The highest BCUT2D eigenvalue weighted by atomic mass is 15.2. The molecule has 0 radical (unpaired) electrons. The molecule has 1 heterocycles.